The topological polar surface area (TPSA) is 76.1 Å². The maximum Gasteiger partial charge on any atom is 0.338 e. The molecule has 1 unspecified atom stereocenters. The van der Waals surface area contributed by atoms with Crippen LogP contribution in [0.3, 0.4) is 0 Å². The smallest absolute Gasteiger partial charge is 0.338 e. The minimum atomic E-state index is -1.42. The molecule has 0 saturated carbocycles. The van der Waals surface area contributed by atoms with Crippen molar-refractivity contribution >= 4 is 11.7 Å². The van der Waals surface area contributed by atoms with Crippen LogP contribution in [0.5, 0.6) is 0 Å². The molecule has 3 rings (SSSR count). The molecule has 4 nitrogen and oxygen atoms in total. The Kier molecular flexibility index (Phi) is 3.61. The van der Waals surface area contributed by atoms with Crippen molar-refractivity contribution in [3.8, 4) is 6.07 Å². The molecular weight excluding hydrogens is 307 g/mol. The second-order valence-corrected chi connectivity index (χ2v) is 5.70. The van der Waals surface area contributed by atoms with E-state index in [4.69, 9.17) is 10.5 Å². The summed E-state index contributed by atoms with van der Waals surface area (Å²) in [7, 11) is 1.24. The van der Waals surface area contributed by atoms with Crippen LogP contribution < -0.4 is 5.73 Å². The van der Waals surface area contributed by atoms with E-state index < -0.39 is 17.2 Å². The summed E-state index contributed by atoms with van der Waals surface area (Å²) in [6, 6.07) is 13.2. The number of fused-ring (bicyclic) bond motifs is 1. The molecular formula is C19H15FN2O2. The Balaban J connectivity index is 2.41. The number of carbonyl (C=O) groups is 1. The third-order valence-electron chi connectivity index (χ3n) is 4.35. The molecule has 2 aromatic rings. The summed E-state index contributed by atoms with van der Waals surface area (Å²) in [5.74, 6) is -1.10. The molecule has 0 spiro atoms. The van der Waals surface area contributed by atoms with E-state index in [0.717, 1.165) is 5.56 Å². The second-order valence-electron chi connectivity index (χ2n) is 5.70. The van der Waals surface area contributed by atoms with E-state index in [1.807, 2.05) is 19.1 Å². The summed E-state index contributed by atoms with van der Waals surface area (Å²) < 4.78 is 18.2. The Labute approximate surface area is 139 Å². The van der Waals surface area contributed by atoms with Crippen molar-refractivity contribution in [2.45, 2.75) is 12.3 Å². The van der Waals surface area contributed by atoms with E-state index >= 15 is 0 Å². The Bertz CT molecular complexity index is 910. The average molecular weight is 322 g/mol. The van der Waals surface area contributed by atoms with Crippen LogP contribution in [0.25, 0.3) is 5.70 Å². The molecule has 0 heterocycles. The summed E-state index contributed by atoms with van der Waals surface area (Å²) in [5, 5.41) is 10.1. The highest BCUT2D eigenvalue weighted by Gasteiger charge is 2.50. The molecule has 0 amide bonds. The molecule has 5 heteroatoms. The molecule has 1 aliphatic carbocycles. The molecule has 0 fully saturated rings. The normalized spacial score (nSPS) is 18.9. The number of benzene rings is 2. The van der Waals surface area contributed by atoms with Gasteiger partial charge in [0, 0.05) is 5.56 Å². The van der Waals surface area contributed by atoms with E-state index in [1.165, 1.54) is 31.4 Å². The van der Waals surface area contributed by atoms with Gasteiger partial charge in [0.25, 0.3) is 0 Å². The lowest BCUT2D eigenvalue weighted by Crippen LogP contribution is -2.31. The van der Waals surface area contributed by atoms with Gasteiger partial charge in [-0.2, -0.15) is 5.26 Å². The van der Waals surface area contributed by atoms with Gasteiger partial charge < -0.3 is 10.5 Å². The number of nitrogens with zero attached hydrogens (tertiary/aromatic N) is 1. The highest BCUT2D eigenvalue weighted by atomic mass is 19.1. The maximum atomic E-state index is 13.3. The number of nitrogens with two attached hydrogens (primary N) is 1. The Morgan fingerprint density at radius 3 is 2.50 bits per heavy atom. The molecule has 0 radical (unpaired) electrons. The minimum absolute atomic E-state index is 0.0692. The molecule has 1 atom stereocenters. The van der Waals surface area contributed by atoms with E-state index in [1.54, 1.807) is 6.07 Å². The summed E-state index contributed by atoms with van der Waals surface area (Å²) in [6.07, 6.45) is 0. The van der Waals surface area contributed by atoms with Crippen LogP contribution in [0.1, 0.15) is 22.3 Å². The Morgan fingerprint density at radius 2 is 1.92 bits per heavy atom. The third kappa shape index (κ3) is 2.00. The summed E-state index contributed by atoms with van der Waals surface area (Å²) in [4.78, 5) is 12.4. The first-order valence-electron chi connectivity index (χ1n) is 7.33. The van der Waals surface area contributed by atoms with Gasteiger partial charge in [0.15, 0.2) is 0 Å². The van der Waals surface area contributed by atoms with E-state index in [9.17, 15) is 14.4 Å². The van der Waals surface area contributed by atoms with Crippen LogP contribution in [-0.2, 0) is 14.9 Å². The average Bonchev–Trinajstić information content (AvgIpc) is 2.83. The van der Waals surface area contributed by atoms with Crippen LogP contribution in [0.2, 0.25) is 0 Å². The zero-order valence-electron chi connectivity index (χ0n) is 13.3. The highest BCUT2D eigenvalue weighted by Crippen LogP contribution is 2.49. The molecule has 0 aromatic heterocycles. The number of carbonyl (C=O) groups excluding carboxylic acids is 1. The first-order valence-corrected chi connectivity index (χ1v) is 7.33. The van der Waals surface area contributed by atoms with Gasteiger partial charge in [-0.1, -0.05) is 35.9 Å². The Hall–Kier alpha value is -3.13. The molecule has 0 aliphatic heterocycles. The van der Waals surface area contributed by atoms with E-state index in [-0.39, 0.29) is 11.3 Å². The second kappa shape index (κ2) is 5.50. The van der Waals surface area contributed by atoms with Crippen molar-refractivity contribution in [3.63, 3.8) is 0 Å². The molecule has 2 aromatic carbocycles. The SMILES string of the molecule is COC(=O)C1=C(N)c2ccc(C)cc2C1(C#N)c1ccc(F)cc1. The zero-order chi connectivity index (χ0) is 17.5. The fourth-order valence-corrected chi connectivity index (χ4v) is 3.22. The molecule has 120 valence electrons. The van der Waals surface area contributed by atoms with Gasteiger partial charge in [0.1, 0.15) is 11.2 Å². The minimum Gasteiger partial charge on any atom is -0.466 e. The number of halogens is 1. The molecule has 24 heavy (non-hydrogen) atoms. The van der Waals surface area contributed by atoms with E-state index in [0.29, 0.717) is 16.7 Å². The highest BCUT2D eigenvalue weighted by molar-refractivity contribution is 6.05. The number of esters is 1. The number of ether oxygens (including phenoxy) is 1. The predicted octanol–water partition coefficient (Wildman–Crippen LogP) is 2.80. The van der Waals surface area contributed by atoms with Gasteiger partial charge in [-0.05, 0) is 30.2 Å². The zero-order valence-corrected chi connectivity index (χ0v) is 13.3. The lowest BCUT2D eigenvalue weighted by Gasteiger charge is -2.26. The van der Waals surface area contributed by atoms with Crippen molar-refractivity contribution in [1.82, 2.24) is 0 Å². The summed E-state index contributed by atoms with van der Waals surface area (Å²) >= 11 is 0. The Morgan fingerprint density at radius 1 is 1.25 bits per heavy atom. The van der Waals surface area contributed by atoms with Crippen molar-refractivity contribution in [2.75, 3.05) is 7.11 Å². The largest absolute Gasteiger partial charge is 0.466 e. The molecule has 0 saturated heterocycles. The third-order valence-corrected chi connectivity index (χ3v) is 4.35. The van der Waals surface area contributed by atoms with Gasteiger partial charge >= 0.3 is 5.97 Å². The van der Waals surface area contributed by atoms with Crippen LogP contribution in [0.4, 0.5) is 4.39 Å². The van der Waals surface area contributed by atoms with Crippen molar-refractivity contribution in [3.05, 3.63) is 76.1 Å². The lowest BCUT2D eigenvalue weighted by atomic mass is 9.72. The fraction of sp³-hybridized carbons (Fsp3) is 0.158. The predicted molar refractivity (Wildman–Crippen MR) is 87.1 cm³/mol. The number of nitriles is 1. The van der Waals surface area contributed by atoms with E-state index in [2.05, 4.69) is 6.07 Å². The van der Waals surface area contributed by atoms with Crippen molar-refractivity contribution in [1.29, 1.82) is 5.26 Å². The van der Waals surface area contributed by atoms with Gasteiger partial charge in [-0.15, -0.1) is 0 Å². The standard InChI is InChI=1S/C19H15FN2O2/c1-11-3-8-14-15(9-11)19(10-21,12-4-6-13(20)7-5-12)16(17(14)22)18(23)24-2/h3-9H,22H2,1-2H3. The fourth-order valence-electron chi connectivity index (χ4n) is 3.22. The first kappa shape index (κ1) is 15.8. The van der Waals surface area contributed by atoms with Crippen LogP contribution in [0, 0.1) is 24.1 Å². The number of rotatable bonds is 2. The maximum absolute atomic E-state index is 13.3. The monoisotopic (exact) mass is 322 g/mol. The van der Waals surface area contributed by atoms with Gasteiger partial charge in [0.05, 0.1) is 24.4 Å². The lowest BCUT2D eigenvalue weighted by molar-refractivity contribution is -0.136. The van der Waals surface area contributed by atoms with Gasteiger partial charge in [-0.25, -0.2) is 9.18 Å². The number of hydrogen-bond acceptors (Lipinski definition) is 4. The van der Waals surface area contributed by atoms with Crippen LogP contribution in [0.15, 0.2) is 48.0 Å². The molecule has 2 N–H and O–H groups in total. The summed E-state index contributed by atoms with van der Waals surface area (Å²) in [5.41, 5.74) is 7.67. The van der Waals surface area contributed by atoms with Gasteiger partial charge in [-0.3, -0.25) is 0 Å². The number of methoxy groups -OCH3 is 1. The summed E-state index contributed by atoms with van der Waals surface area (Å²) in [6.45, 7) is 1.89. The quantitative estimate of drug-likeness (QED) is 0.863. The van der Waals surface area contributed by atoms with Crippen molar-refractivity contribution in [2.24, 2.45) is 5.73 Å². The van der Waals surface area contributed by atoms with Crippen LogP contribution >= 0.6 is 0 Å². The number of hydrogen-bond donors (Lipinski definition) is 1. The molecule has 1 aliphatic rings. The van der Waals surface area contributed by atoms with Crippen LogP contribution in [-0.4, -0.2) is 13.1 Å². The van der Waals surface area contributed by atoms with Crippen molar-refractivity contribution < 1.29 is 13.9 Å². The number of aryl methyl sites for hydroxylation is 1. The van der Waals surface area contributed by atoms with Gasteiger partial charge in [0.2, 0.25) is 0 Å². The molecule has 0 bridgehead atoms. The first-order chi connectivity index (χ1) is 11.5.